The Kier molecular flexibility index (Phi) is 5.01. The molecule has 2 fully saturated rings. The molecule has 1 saturated carbocycles. The third-order valence-electron chi connectivity index (χ3n) is 3.92. The van der Waals surface area contributed by atoms with Crippen LogP contribution in [0.25, 0.3) is 6.08 Å². The van der Waals surface area contributed by atoms with E-state index in [1.807, 2.05) is 11.9 Å². The first kappa shape index (κ1) is 15.1. The number of morpholine rings is 1. The summed E-state index contributed by atoms with van der Waals surface area (Å²) < 4.78 is 7.77. The summed E-state index contributed by atoms with van der Waals surface area (Å²) in [4.78, 5) is 1.29. The molecule has 1 unspecified atom stereocenters. The first-order valence-electron chi connectivity index (χ1n) is 7.81. The molecule has 0 amide bonds. The van der Waals surface area contributed by atoms with Gasteiger partial charge in [0.15, 0.2) is 0 Å². The maximum atomic E-state index is 6.10. The Morgan fingerprint density at radius 2 is 2.10 bits per heavy atom. The fourth-order valence-electron chi connectivity index (χ4n) is 2.48. The molecular weight excluding hydrogens is 280 g/mol. The summed E-state index contributed by atoms with van der Waals surface area (Å²) in [6.45, 7) is 5.71. The average Bonchev–Trinajstić information content (AvgIpc) is 3.30. The second kappa shape index (κ2) is 6.97. The van der Waals surface area contributed by atoms with Gasteiger partial charge in [-0.2, -0.15) is 0 Å². The summed E-state index contributed by atoms with van der Waals surface area (Å²) in [5.74, 6) is 0.793. The third-order valence-corrected chi connectivity index (χ3v) is 5.01. The van der Waals surface area contributed by atoms with Gasteiger partial charge in [0.1, 0.15) is 0 Å². The molecule has 2 aliphatic rings. The molecule has 3 rings (SSSR count). The number of nitrogens with zero attached hydrogens (tertiary/aromatic N) is 1. The zero-order chi connectivity index (χ0) is 14.7. The van der Waals surface area contributed by atoms with Gasteiger partial charge in [0, 0.05) is 24.0 Å². The van der Waals surface area contributed by atoms with Crippen molar-refractivity contribution < 1.29 is 4.74 Å². The lowest BCUT2D eigenvalue weighted by Crippen LogP contribution is -2.30. The summed E-state index contributed by atoms with van der Waals surface area (Å²) in [7, 11) is 0. The Balaban J connectivity index is 1.75. The van der Waals surface area contributed by atoms with E-state index in [1.54, 1.807) is 0 Å². The summed E-state index contributed by atoms with van der Waals surface area (Å²) in [5, 5.41) is 0. The van der Waals surface area contributed by atoms with Gasteiger partial charge in [-0.15, -0.1) is 0 Å². The lowest BCUT2D eigenvalue weighted by Gasteiger charge is -2.25. The van der Waals surface area contributed by atoms with Crippen molar-refractivity contribution in [2.24, 2.45) is 11.7 Å². The standard InChI is InChI=1S/C17H24N2OS/c1-13(18)17-7-6-16(21-19-8-10-20-11-9-19)12-15(17)5-4-14-2-3-14/h4-7,12-14H,2-3,8-11,18H2,1H3/b5-4+. The van der Waals surface area contributed by atoms with E-state index in [9.17, 15) is 0 Å². The quantitative estimate of drug-likeness (QED) is 0.845. The molecule has 0 spiro atoms. The molecule has 1 aromatic carbocycles. The molecule has 4 heteroatoms. The maximum absolute atomic E-state index is 6.10. The second-order valence-electron chi connectivity index (χ2n) is 5.91. The molecule has 1 heterocycles. The number of nitrogens with two attached hydrogens (primary N) is 1. The van der Waals surface area contributed by atoms with Crippen molar-refractivity contribution in [3.63, 3.8) is 0 Å². The van der Waals surface area contributed by atoms with Crippen molar-refractivity contribution in [3.8, 4) is 0 Å². The van der Waals surface area contributed by atoms with Crippen molar-refractivity contribution in [1.29, 1.82) is 0 Å². The van der Waals surface area contributed by atoms with E-state index in [2.05, 4.69) is 41.6 Å². The summed E-state index contributed by atoms with van der Waals surface area (Å²) in [5.41, 5.74) is 8.61. The van der Waals surface area contributed by atoms with Crippen LogP contribution in [0.3, 0.4) is 0 Å². The number of benzene rings is 1. The van der Waals surface area contributed by atoms with E-state index in [0.29, 0.717) is 0 Å². The molecule has 1 aliphatic carbocycles. The van der Waals surface area contributed by atoms with Crippen molar-refractivity contribution in [2.45, 2.75) is 30.7 Å². The van der Waals surface area contributed by atoms with Crippen LogP contribution in [-0.2, 0) is 4.74 Å². The minimum atomic E-state index is 0.0753. The Morgan fingerprint density at radius 3 is 2.76 bits per heavy atom. The van der Waals surface area contributed by atoms with Crippen LogP contribution in [0.5, 0.6) is 0 Å². The minimum Gasteiger partial charge on any atom is -0.379 e. The zero-order valence-electron chi connectivity index (χ0n) is 12.6. The molecule has 1 saturated heterocycles. The molecule has 0 bridgehead atoms. The second-order valence-corrected chi connectivity index (χ2v) is 7.08. The van der Waals surface area contributed by atoms with Gasteiger partial charge < -0.3 is 10.5 Å². The van der Waals surface area contributed by atoms with E-state index >= 15 is 0 Å². The van der Waals surface area contributed by atoms with Crippen molar-refractivity contribution >= 4 is 18.0 Å². The van der Waals surface area contributed by atoms with Crippen LogP contribution in [0.1, 0.15) is 36.9 Å². The summed E-state index contributed by atoms with van der Waals surface area (Å²) >= 11 is 1.83. The molecule has 21 heavy (non-hydrogen) atoms. The molecule has 0 aromatic heterocycles. The summed E-state index contributed by atoms with van der Waals surface area (Å²) in [6.07, 6.45) is 7.28. The fourth-order valence-corrected chi connectivity index (χ4v) is 3.42. The van der Waals surface area contributed by atoms with Crippen LogP contribution in [0.4, 0.5) is 0 Å². The highest BCUT2D eigenvalue weighted by Gasteiger charge is 2.18. The SMILES string of the molecule is CC(N)c1ccc(SN2CCOCC2)cc1/C=C/C1CC1. The Labute approximate surface area is 131 Å². The van der Waals surface area contributed by atoms with Crippen molar-refractivity contribution in [3.05, 3.63) is 35.4 Å². The van der Waals surface area contributed by atoms with Gasteiger partial charge in [0.05, 0.1) is 13.2 Å². The van der Waals surface area contributed by atoms with Crippen LogP contribution in [-0.4, -0.2) is 30.6 Å². The van der Waals surface area contributed by atoms with Gasteiger partial charge in [-0.1, -0.05) is 18.2 Å². The van der Waals surface area contributed by atoms with Crippen LogP contribution in [0.2, 0.25) is 0 Å². The molecule has 3 nitrogen and oxygen atoms in total. The van der Waals surface area contributed by atoms with Crippen LogP contribution < -0.4 is 5.73 Å². The first-order valence-corrected chi connectivity index (χ1v) is 8.58. The van der Waals surface area contributed by atoms with Gasteiger partial charge in [-0.25, -0.2) is 4.31 Å². The Bertz CT molecular complexity index is 506. The third kappa shape index (κ3) is 4.33. The molecule has 0 radical (unpaired) electrons. The predicted molar refractivity (Wildman–Crippen MR) is 89.1 cm³/mol. The number of rotatable bonds is 5. The lowest BCUT2D eigenvalue weighted by atomic mass is 10.0. The van der Waals surface area contributed by atoms with Crippen LogP contribution in [0, 0.1) is 5.92 Å². The normalized spacial score (nSPS) is 21.8. The van der Waals surface area contributed by atoms with E-state index < -0.39 is 0 Å². The van der Waals surface area contributed by atoms with Gasteiger partial charge in [-0.3, -0.25) is 0 Å². The topological polar surface area (TPSA) is 38.5 Å². The smallest absolute Gasteiger partial charge is 0.0603 e. The zero-order valence-corrected chi connectivity index (χ0v) is 13.4. The number of hydrogen-bond donors (Lipinski definition) is 1. The van der Waals surface area contributed by atoms with Gasteiger partial charge >= 0.3 is 0 Å². The van der Waals surface area contributed by atoms with Gasteiger partial charge in [-0.05, 0) is 60.9 Å². The van der Waals surface area contributed by atoms with Crippen LogP contribution in [0.15, 0.2) is 29.2 Å². The predicted octanol–water partition coefficient (Wildman–Crippen LogP) is 3.47. The van der Waals surface area contributed by atoms with E-state index in [-0.39, 0.29) is 6.04 Å². The highest BCUT2D eigenvalue weighted by Crippen LogP contribution is 2.33. The van der Waals surface area contributed by atoms with Crippen LogP contribution >= 0.6 is 11.9 Å². The number of hydrogen-bond acceptors (Lipinski definition) is 4. The van der Waals surface area contributed by atoms with E-state index in [0.717, 1.165) is 32.2 Å². The number of ether oxygens (including phenoxy) is 1. The highest BCUT2D eigenvalue weighted by atomic mass is 32.2. The minimum absolute atomic E-state index is 0.0753. The molecule has 114 valence electrons. The van der Waals surface area contributed by atoms with E-state index in [1.165, 1.54) is 28.9 Å². The average molecular weight is 304 g/mol. The largest absolute Gasteiger partial charge is 0.379 e. The molecule has 1 aromatic rings. The van der Waals surface area contributed by atoms with Gasteiger partial charge in [0.25, 0.3) is 0 Å². The molecular formula is C17H24N2OS. The van der Waals surface area contributed by atoms with E-state index in [4.69, 9.17) is 10.5 Å². The maximum Gasteiger partial charge on any atom is 0.0603 e. The Hall–Kier alpha value is -0.810. The van der Waals surface area contributed by atoms with Gasteiger partial charge in [0.2, 0.25) is 0 Å². The van der Waals surface area contributed by atoms with Crippen molar-refractivity contribution in [1.82, 2.24) is 4.31 Å². The Morgan fingerprint density at radius 1 is 1.33 bits per heavy atom. The molecule has 1 aliphatic heterocycles. The monoisotopic (exact) mass is 304 g/mol. The molecule has 1 atom stereocenters. The highest BCUT2D eigenvalue weighted by molar-refractivity contribution is 7.97. The first-order chi connectivity index (χ1) is 10.2. The lowest BCUT2D eigenvalue weighted by molar-refractivity contribution is 0.0773. The fraction of sp³-hybridized carbons (Fsp3) is 0.529. The molecule has 2 N–H and O–H groups in total. The number of allylic oxidation sites excluding steroid dienone is 1. The van der Waals surface area contributed by atoms with Crippen molar-refractivity contribution in [2.75, 3.05) is 26.3 Å². The summed E-state index contributed by atoms with van der Waals surface area (Å²) in [6, 6.07) is 6.72.